The van der Waals surface area contributed by atoms with Crippen molar-refractivity contribution in [3.05, 3.63) is 65.0 Å². The number of halogens is 1. The molecule has 0 spiro atoms. The molecule has 2 aromatic rings. The SMILES string of the molecule is O=C(N=C1C(=O)N(CC2CC2)C[C@H]1c1cc2c(cc1F)OCC2)OCc1ccccc1. The summed E-state index contributed by atoms with van der Waals surface area (Å²) < 4.78 is 25.6. The lowest BCUT2D eigenvalue weighted by molar-refractivity contribution is -0.122. The maximum atomic E-state index is 14.9. The first-order valence-electron chi connectivity index (χ1n) is 10.6. The summed E-state index contributed by atoms with van der Waals surface area (Å²) in [6.07, 6.45) is 2.03. The van der Waals surface area contributed by atoms with Crippen LogP contribution in [0.3, 0.4) is 0 Å². The largest absolute Gasteiger partial charge is 0.493 e. The first kappa shape index (κ1) is 19.7. The number of carbonyl (C=O) groups is 2. The van der Waals surface area contributed by atoms with Gasteiger partial charge >= 0.3 is 6.09 Å². The van der Waals surface area contributed by atoms with Crippen LogP contribution in [-0.4, -0.2) is 42.3 Å². The summed E-state index contributed by atoms with van der Waals surface area (Å²) in [6, 6.07) is 12.4. The third kappa shape index (κ3) is 4.17. The fraction of sp³-hybridized carbons (Fsp3) is 0.375. The highest BCUT2D eigenvalue weighted by Crippen LogP contribution is 2.37. The predicted molar refractivity (Wildman–Crippen MR) is 112 cm³/mol. The summed E-state index contributed by atoms with van der Waals surface area (Å²) in [5.41, 5.74) is 2.17. The Hall–Kier alpha value is -3.22. The van der Waals surface area contributed by atoms with E-state index in [1.54, 1.807) is 11.0 Å². The number of benzene rings is 2. The topological polar surface area (TPSA) is 68.2 Å². The Balaban J connectivity index is 1.41. The first-order chi connectivity index (χ1) is 15.1. The van der Waals surface area contributed by atoms with Gasteiger partial charge in [-0.2, -0.15) is 4.99 Å². The Morgan fingerprint density at radius 3 is 2.81 bits per heavy atom. The van der Waals surface area contributed by atoms with Crippen LogP contribution < -0.4 is 4.74 Å². The molecule has 2 aromatic carbocycles. The number of likely N-dealkylation sites (tertiary alicyclic amines) is 1. The molecule has 0 unspecified atom stereocenters. The van der Waals surface area contributed by atoms with Crippen molar-refractivity contribution in [2.24, 2.45) is 10.9 Å². The molecule has 0 aromatic heterocycles. The molecule has 5 rings (SSSR count). The van der Waals surface area contributed by atoms with Gasteiger partial charge in [-0.15, -0.1) is 0 Å². The third-order valence-corrected chi connectivity index (χ3v) is 6.02. The fourth-order valence-electron chi connectivity index (χ4n) is 4.18. The second-order valence-electron chi connectivity index (χ2n) is 8.32. The van der Waals surface area contributed by atoms with Crippen LogP contribution in [0.2, 0.25) is 0 Å². The van der Waals surface area contributed by atoms with Gasteiger partial charge in [0.2, 0.25) is 0 Å². The fourth-order valence-corrected chi connectivity index (χ4v) is 4.18. The number of hydrogen-bond donors (Lipinski definition) is 0. The van der Waals surface area contributed by atoms with Gasteiger partial charge in [-0.1, -0.05) is 30.3 Å². The number of aliphatic imine (C=N–C) groups is 1. The van der Waals surface area contributed by atoms with E-state index in [1.807, 2.05) is 30.3 Å². The number of rotatable bonds is 5. The molecule has 31 heavy (non-hydrogen) atoms. The minimum Gasteiger partial charge on any atom is -0.493 e. The van der Waals surface area contributed by atoms with Crippen molar-refractivity contribution in [2.75, 3.05) is 19.7 Å². The van der Waals surface area contributed by atoms with E-state index in [2.05, 4.69) is 4.99 Å². The van der Waals surface area contributed by atoms with Gasteiger partial charge in [-0.25, -0.2) is 9.18 Å². The van der Waals surface area contributed by atoms with E-state index in [-0.39, 0.29) is 18.2 Å². The summed E-state index contributed by atoms with van der Waals surface area (Å²) in [7, 11) is 0. The zero-order valence-corrected chi connectivity index (χ0v) is 17.1. The molecular formula is C24H23FN2O4. The molecule has 160 valence electrons. The van der Waals surface area contributed by atoms with Crippen molar-refractivity contribution >= 4 is 17.7 Å². The lowest BCUT2D eigenvalue weighted by Gasteiger charge is -2.16. The number of carbonyl (C=O) groups excluding carboxylic acids is 2. The quantitative estimate of drug-likeness (QED) is 0.734. The molecule has 6 nitrogen and oxygen atoms in total. The molecule has 2 amide bonds. The van der Waals surface area contributed by atoms with Gasteiger partial charge in [0.05, 0.1) is 12.5 Å². The smallest absolute Gasteiger partial charge is 0.434 e. The number of amides is 2. The van der Waals surface area contributed by atoms with Crippen LogP contribution in [0, 0.1) is 11.7 Å². The Morgan fingerprint density at radius 1 is 1.23 bits per heavy atom. The van der Waals surface area contributed by atoms with Crippen molar-refractivity contribution in [1.29, 1.82) is 0 Å². The second kappa shape index (κ2) is 8.13. The number of nitrogens with zero attached hydrogens (tertiary/aromatic N) is 2. The zero-order valence-electron chi connectivity index (χ0n) is 17.1. The maximum absolute atomic E-state index is 14.9. The highest BCUT2D eigenvalue weighted by atomic mass is 19.1. The summed E-state index contributed by atoms with van der Waals surface area (Å²) in [6.45, 7) is 1.51. The summed E-state index contributed by atoms with van der Waals surface area (Å²) in [4.78, 5) is 31.2. The van der Waals surface area contributed by atoms with Gasteiger partial charge in [0.25, 0.3) is 5.91 Å². The van der Waals surface area contributed by atoms with E-state index in [0.29, 0.717) is 43.3 Å². The van der Waals surface area contributed by atoms with E-state index < -0.39 is 17.8 Å². The summed E-state index contributed by atoms with van der Waals surface area (Å²) in [5, 5.41) is 0. The van der Waals surface area contributed by atoms with Gasteiger partial charge < -0.3 is 14.4 Å². The highest BCUT2D eigenvalue weighted by molar-refractivity contribution is 6.44. The van der Waals surface area contributed by atoms with Crippen LogP contribution >= 0.6 is 0 Å². The van der Waals surface area contributed by atoms with Crippen molar-refractivity contribution < 1.29 is 23.5 Å². The number of hydrogen-bond acceptors (Lipinski definition) is 4. The molecule has 1 saturated heterocycles. The van der Waals surface area contributed by atoms with Gasteiger partial charge in [0.1, 0.15) is 23.9 Å². The molecule has 1 atom stereocenters. The van der Waals surface area contributed by atoms with Crippen LogP contribution in [0.15, 0.2) is 47.5 Å². The van der Waals surface area contributed by atoms with Crippen molar-refractivity contribution in [2.45, 2.75) is 31.8 Å². The molecule has 1 saturated carbocycles. The molecular weight excluding hydrogens is 399 g/mol. The van der Waals surface area contributed by atoms with Gasteiger partial charge in [0, 0.05) is 25.6 Å². The molecule has 2 aliphatic heterocycles. The van der Waals surface area contributed by atoms with E-state index in [9.17, 15) is 14.0 Å². The van der Waals surface area contributed by atoms with Crippen LogP contribution in [0.1, 0.15) is 35.4 Å². The minimum absolute atomic E-state index is 0.0523. The molecule has 0 N–H and O–H groups in total. The first-order valence-corrected chi connectivity index (χ1v) is 10.6. The van der Waals surface area contributed by atoms with Crippen LogP contribution in [0.25, 0.3) is 0 Å². The van der Waals surface area contributed by atoms with Crippen LogP contribution in [0.5, 0.6) is 5.75 Å². The Morgan fingerprint density at radius 2 is 2.03 bits per heavy atom. The number of fused-ring (bicyclic) bond motifs is 1. The summed E-state index contributed by atoms with van der Waals surface area (Å²) in [5.74, 6) is -0.350. The molecule has 3 aliphatic rings. The third-order valence-electron chi connectivity index (χ3n) is 6.02. The molecule has 0 bridgehead atoms. The molecule has 7 heteroatoms. The lowest BCUT2D eigenvalue weighted by Crippen LogP contribution is -2.29. The van der Waals surface area contributed by atoms with Crippen molar-refractivity contribution in [3.8, 4) is 5.75 Å². The molecule has 2 fully saturated rings. The van der Waals surface area contributed by atoms with Crippen molar-refractivity contribution in [1.82, 2.24) is 4.90 Å². The second-order valence-corrected chi connectivity index (χ2v) is 8.32. The Bertz CT molecular complexity index is 1050. The molecule has 2 heterocycles. The summed E-state index contributed by atoms with van der Waals surface area (Å²) >= 11 is 0. The van der Waals surface area contributed by atoms with Gasteiger partial charge in [-0.3, -0.25) is 4.79 Å². The van der Waals surface area contributed by atoms with E-state index >= 15 is 0 Å². The zero-order chi connectivity index (χ0) is 21.4. The average Bonchev–Trinajstić information content (AvgIpc) is 3.40. The normalized spacial score (nSPS) is 21.3. The highest BCUT2D eigenvalue weighted by Gasteiger charge is 2.42. The Labute approximate surface area is 179 Å². The van der Waals surface area contributed by atoms with E-state index in [0.717, 1.165) is 24.0 Å². The Kier molecular flexibility index (Phi) is 5.18. The van der Waals surface area contributed by atoms with Crippen molar-refractivity contribution in [3.63, 3.8) is 0 Å². The molecule has 0 radical (unpaired) electrons. The van der Waals surface area contributed by atoms with E-state index in [1.165, 1.54) is 6.07 Å². The minimum atomic E-state index is -0.838. The maximum Gasteiger partial charge on any atom is 0.434 e. The van der Waals surface area contributed by atoms with Gasteiger partial charge in [-0.05, 0) is 41.5 Å². The monoisotopic (exact) mass is 422 g/mol. The van der Waals surface area contributed by atoms with Crippen LogP contribution in [-0.2, 0) is 22.6 Å². The standard InChI is InChI=1S/C24H23FN2O4/c25-20-11-21-17(8-9-30-21)10-18(20)19-13-27(12-15-6-7-15)23(28)22(19)26-24(29)31-14-16-4-2-1-3-5-16/h1-5,10-11,15,19H,6-9,12-14H2/t19-/m0/s1. The van der Waals surface area contributed by atoms with Crippen LogP contribution in [0.4, 0.5) is 9.18 Å². The van der Waals surface area contributed by atoms with Gasteiger partial charge in [0.15, 0.2) is 0 Å². The van der Waals surface area contributed by atoms with E-state index in [4.69, 9.17) is 9.47 Å². The molecule has 1 aliphatic carbocycles. The average molecular weight is 422 g/mol. The lowest BCUT2D eigenvalue weighted by atomic mass is 9.93. The number of ether oxygens (including phenoxy) is 2. The predicted octanol–water partition coefficient (Wildman–Crippen LogP) is 3.87.